The molecule has 0 saturated carbocycles. The number of carbonyl (C=O) groups excluding carboxylic acids is 1. The number of amides is 1. The summed E-state index contributed by atoms with van der Waals surface area (Å²) in [7, 11) is -7.45. The lowest BCUT2D eigenvalue weighted by atomic mass is 10.1. The van der Waals surface area contributed by atoms with Gasteiger partial charge in [-0.3, -0.25) is 18.1 Å². The maximum absolute atomic E-state index is 13.2. The lowest BCUT2D eigenvalue weighted by molar-refractivity contribution is -0.125. The van der Waals surface area contributed by atoms with Crippen molar-refractivity contribution in [3.8, 4) is 0 Å². The fourth-order valence-corrected chi connectivity index (χ4v) is 6.60. The molecule has 8 nitrogen and oxygen atoms in total. The molecule has 0 spiro atoms. The Morgan fingerprint density at radius 1 is 1.03 bits per heavy atom. The summed E-state index contributed by atoms with van der Waals surface area (Å²) in [4.78, 5) is 13.4. The quantitative estimate of drug-likeness (QED) is 0.369. The van der Waals surface area contributed by atoms with E-state index in [1.807, 2.05) is 6.92 Å². The molecule has 0 radical (unpaired) electrons. The van der Waals surface area contributed by atoms with E-state index in [2.05, 4.69) is 5.32 Å². The van der Waals surface area contributed by atoms with Crippen molar-refractivity contribution in [2.24, 2.45) is 0 Å². The third-order valence-electron chi connectivity index (χ3n) is 4.97. The van der Waals surface area contributed by atoms with E-state index in [9.17, 15) is 22.3 Å². The molecular formula is C23H30N2O6S2. The molecule has 0 saturated heterocycles. The zero-order chi connectivity index (χ0) is 24.4. The van der Waals surface area contributed by atoms with Crippen LogP contribution in [-0.4, -0.2) is 46.4 Å². The summed E-state index contributed by atoms with van der Waals surface area (Å²) >= 11 is 0. The van der Waals surface area contributed by atoms with Crippen LogP contribution in [0.15, 0.2) is 65.2 Å². The van der Waals surface area contributed by atoms with Crippen LogP contribution in [-0.2, 0) is 19.1 Å². The Labute approximate surface area is 196 Å². The Balaban J connectivity index is 1.73. The van der Waals surface area contributed by atoms with Crippen LogP contribution in [0.25, 0.3) is 4.91 Å². The van der Waals surface area contributed by atoms with E-state index in [1.54, 1.807) is 63.2 Å². The van der Waals surface area contributed by atoms with E-state index in [4.69, 9.17) is 4.18 Å². The Morgan fingerprint density at radius 3 is 2.21 bits per heavy atom. The van der Waals surface area contributed by atoms with Gasteiger partial charge in [-0.25, -0.2) is 4.31 Å². The molecule has 0 unspecified atom stereocenters. The summed E-state index contributed by atoms with van der Waals surface area (Å²) in [6.45, 7) is 7.16. The molecule has 3 N–H and O–H groups in total. The van der Waals surface area contributed by atoms with Gasteiger partial charge in [-0.05, 0) is 46.2 Å². The van der Waals surface area contributed by atoms with Gasteiger partial charge in [0.2, 0.25) is 0 Å². The molecule has 1 aliphatic rings. The molecule has 1 amide bonds. The van der Waals surface area contributed by atoms with Crippen LogP contribution < -0.4 is 5.32 Å². The maximum atomic E-state index is 13.2. The highest BCUT2D eigenvalue weighted by atomic mass is 32.3. The fraction of sp³-hybridized carbons (Fsp3) is 0.348. The molecule has 2 aromatic carbocycles. The first-order chi connectivity index (χ1) is 15.4. The van der Waals surface area contributed by atoms with E-state index >= 15 is 0 Å². The third kappa shape index (κ3) is 5.42. The van der Waals surface area contributed by atoms with Crippen LogP contribution in [0.1, 0.15) is 38.3 Å². The fourth-order valence-electron chi connectivity index (χ4n) is 3.50. The number of nitrogens with zero attached hydrogens (tertiary/aromatic N) is 1. The van der Waals surface area contributed by atoms with Crippen molar-refractivity contribution < 1.29 is 26.5 Å². The van der Waals surface area contributed by atoms with Crippen LogP contribution in [0.3, 0.4) is 0 Å². The average Bonchev–Trinajstić information content (AvgIpc) is 2.93. The molecule has 0 bridgehead atoms. The van der Waals surface area contributed by atoms with Crippen molar-refractivity contribution >= 4 is 31.7 Å². The number of nitrogens with one attached hydrogen (secondary N) is 1. The molecule has 3 rings (SSSR count). The van der Waals surface area contributed by atoms with Gasteiger partial charge in [-0.2, -0.15) is 8.42 Å². The van der Waals surface area contributed by atoms with Crippen LogP contribution in [0.5, 0.6) is 0 Å². The highest BCUT2D eigenvalue weighted by molar-refractivity contribution is 8.31. The van der Waals surface area contributed by atoms with E-state index in [0.717, 1.165) is 9.87 Å². The van der Waals surface area contributed by atoms with E-state index in [0.29, 0.717) is 5.56 Å². The van der Waals surface area contributed by atoms with Gasteiger partial charge in [0.15, 0.2) is 0 Å². The van der Waals surface area contributed by atoms with Gasteiger partial charge in [0.1, 0.15) is 10.6 Å². The molecule has 1 heterocycles. The number of hydrogen-bond acceptors (Lipinski definition) is 7. The van der Waals surface area contributed by atoms with Gasteiger partial charge >= 0.3 is 0 Å². The third-order valence-corrected chi connectivity index (χ3v) is 8.51. The Bertz CT molecular complexity index is 1140. The minimum absolute atomic E-state index is 0.0795. The predicted octanol–water partition coefficient (Wildman–Crippen LogP) is 4.36. The van der Waals surface area contributed by atoms with Crippen LogP contribution in [0.4, 0.5) is 0 Å². The van der Waals surface area contributed by atoms with Crippen molar-refractivity contribution in [2.45, 2.75) is 44.6 Å². The summed E-state index contributed by atoms with van der Waals surface area (Å²) in [6.07, 6.45) is 0.276. The first-order valence-corrected chi connectivity index (χ1v) is 13.4. The van der Waals surface area contributed by atoms with E-state index < -0.39 is 32.3 Å². The Hall–Kier alpha value is -2.37. The molecular weight excluding hydrogens is 464 g/mol. The first-order valence-electron chi connectivity index (χ1n) is 10.5. The van der Waals surface area contributed by atoms with Crippen molar-refractivity contribution in [1.82, 2.24) is 9.62 Å². The van der Waals surface area contributed by atoms with Gasteiger partial charge in [0.25, 0.3) is 16.0 Å². The SMILES string of the molecule is Cc1ccc(S(=O)(=O)OCCCNC2=C(c3ccccc3)S(O)(O)N(C(C)(C)C)C2=O)cc1. The largest absolute Gasteiger partial charge is 0.379 e. The normalized spacial score (nSPS) is 17.4. The number of carbonyl (C=O) groups is 1. The topological polar surface area (TPSA) is 116 Å². The van der Waals surface area contributed by atoms with E-state index in [-0.39, 0.29) is 35.1 Å². The van der Waals surface area contributed by atoms with Crippen LogP contribution in [0, 0.1) is 6.92 Å². The van der Waals surface area contributed by atoms with Crippen LogP contribution in [0.2, 0.25) is 0 Å². The summed E-state index contributed by atoms with van der Waals surface area (Å²) in [5.41, 5.74) is 0.734. The molecule has 0 aromatic heterocycles. The van der Waals surface area contributed by atoms with Gasteiger partial charge in [-0.15, -0.1) is 0 Å². The minimum Gasteiger partial charge on any atom is -0.379 e. The predicted molar refractivity (Wildman–Crippen MR) is 130 cm³/mol. The number of aryl methyl sites for hydroxylation is 1. The second kappa shape index (κ2) is 9.47. The zero-order valence-corrected chi connectivity index (χ0v) is 20.7. The molecule has 33 heavy (non-hydrogen) atoms. The lowest BCUT2D eigenvalue weighted by Crippen LogP contribution is -2.45. The van der Waals surface area contributed by atoms with Gasteiger partial charge in [-0.1, -0.05) is 58.8 Å². The van der Waals surface area contributed by atoms with Crippen molar-refractivity contribution in [2.75, 3.05) is 13.2 Å². The smallest absolute Gasteiger partial charge is 0.296 e. The molecule has 0 aliphatic carbocycles. The van der Waals surface area contributed by atoms with Crippen molar-refractivity contribution in [3.05, 3.63) is 71.4 Å². The van der Waals surface area contributed by atoms with Gasteiger partial charge in [0, 0.05) is 12.1 Å². The van der Waals surface area contributed by atoms with Crippen molar-refractivity contribution in [3.63, 3.8) is 0 Å². The average molecular weight is 495 g/mol. The maximum Gasteiger partial charge on any atom is 0.296 e. The lowest BCUT2D eigenvalue weighted by Gasteiger charge is -2.45. The van der Waals surface area contributed by atoms with Crippen LogP contribution >= 0.6 is 10.8 Å². The molecule has 180 valence electrons. The second-order valence-corrected chi connectivity index (χ2v) is 12.2. The van der Waals surface area contributed by atoms with Crippen molar-refractivity contribution in [1.29, 1.82) is 0 Å². The Morgan fingerprint density at radius 2 is 1.64 bits per heavy atom. The number of rotatable bonds is 8. The molecule has 0 fully saturated rings. The van der Waals surface area contributed by atoms with Gasteiger partial charge < -0.3 is 5.32 Å². The first kappa shape index (κ1) is 25.3. The summed E-state index contributed by atoms with van der Waals surface area (Å²) < 4.78 is 52.9. The summed E-state index contributed by atoms with van der Waals surface area (Å²) in [5.74, 6) is -0.519. The zero-order valence-electron chi connectivity index (χ0n) is 19.1. The molecule has 2 aromatic rings. The Kier molecular flexibility index (Phi) is 7.25. The molecule has 10 heteroatoms. The van der Waals surface area contributed by atoms with Gasteiger partial charge in [0.05, 0.1) is 17.0 Å². The summed E-state index contributed by atoms with van der Waals surface area (Å²) in [5, 5.41) is 2.99. The molecule has 1 aliphatic heterocycles. The second-order valence-electron chi connectivity index (χ2n) is 8.73. The number of benzene rings is 2. The van der Waals surface area contributed by atoms with E-state index in [1.165, 1.54) is 12.1 Å². The molecule has 0 atom stereocenters. The highest BCUT2D eigenvalue weighted by Crippen LogP contribution is 2.63. The highest BCUT2D eigenvalue weighted by Gasteiger charge is 2.49. The standard InChI is InChI=1S/C23H30N2O6S2/c1-17-11-13-19(14-12-17)33(29,30)31-16-8-15-24-20-21(18-9-6-5-7-10-18)32(27,28)25(22(20)26)23(2,3)4/h5-7,9-14,24,27-28H,8,15-16H2,1-4H3. The summed E-state index contributed by atoms with van der Waals surface area (Å²) in [6, 6.07) is 15.1. The minimum atomic E-state index is -3.88. The monoisotopic (exact) mass is 494 g/mol. The number of hydrogen-bond donors (Lipinski definition) is 3.